The second-order valence-corrected chi connectivity index (χ2v) is 8.37. The minimum atomic E-state index is -0.392. The molecule has 24 heavy (non-hydrogen) atoms. The molecule has 0 atom stereocenters. The van der Waals surface area contributed by atoms with Gasteiger partial charge in [0.1, 0.15) is 17.2 Å². The van der Waals surface area contributed by atoms with Crippen LogP contribution in [0.4, 0.5) is 0 Å². The summed E-state index contributed by atoms with van der Waals surface area (Å²) in [5, 5.41) is 8.99. The van der Waals surface area contributed by atoms with Gasteiger partial charge in [-0.15, -0.1) is 10.2 Å². The molecule has 0 N–H and O–H groups in total. The van der Waals surface area contributed by atoms with Gasteiger partial charge in [-0.3, -0.25) is 4.79 Å². The molecular weight excluding hydrogens is 302 g/mol. The molecule has 2 aliphatic rings. The summed E-state index contributed by atoms with van der Waals surface area (Å²) >= 11 is 0. The molecule has 0 bridgehead atoms. The van der Waals surface area contributed by atoms with Gasteiger partial charge < -0.3 is 9.30 Å². The number of nitrogens with zero attached hydrogens (tertiary/aromatic N) is 3. The van der Waals surface area contributed by atoms with Crippen molar-refractivity contribution in [3.63, 3.8) is 0 Å². The van der Waals surface area contributed by atoms with Crippen LogP contribution in [0.2, 0.25) is 0 Å². The molecule has 1 fully saturated rings. The lowest BCUT2D eigenvalue weighted by Gasteiger charge is -2.29. The maximum absolute atomic E-state index is 12.3. The van der Waals surface area contributed by atoms with Crippen LogP contribution in [0.5, 0.6) is 0 Å². The molecule has 0 amide bonds. The Bertz CT molecular complexity index is 566. The van der Waals surface area contributed by atoms with Crippen molar-refractivity contribution in [2.75, 3.05) is 0 Å². The van der Waals surface area contributed by atoms with E-state index < -0.39 is 5.60 Å². The SMILES string of the molecule is CC(C)(C)OC(=O)C1CCC(c2nnc3n2CCCCCC3)CC1. The fourth-order valence-electron chi connectivity index (χ4n) is 3.96. The fourth-order valence-corrected chi connectivity index (χ4v) is 3.96. The Morgan fingerprint density at radius 2 is 1.75 bits per heavy atom. The van der Waals surface area contributed by atoms with Crippen LogP contribution in [0.15, 0.2) is 0 Å². The standard InChI is InChI=1S/C19H31N3O2/c1-19(2,3)24-18(23)15-11-9-14(10-12-15)17-21-20-16-8-6-4-5-7-13-22(16)17/h14-15H,4-13H2,1-3H3. The molecule has 1 aliphatic heterocycles. The average molecular weight is 333 g/mol. The third-order valence-corrected chi connectivity index (χ3v) is 5.22. The van der Waals surface area contributed by atoms with Crippen molar-refractivity contribution in [2.45, 2.75) is 96.6 Å². The van der Waals surface area contributed by atoms with E-state index in [4.69, 9.17) is 4.74 Å². The van der Waals surface area contributed by atoms with Crippen LogP contribution in [0.3, 0.4) is 0 Å². The molecule has 5 heteroatoms. The third kappa shape index (κ3) is 4.17. The molecule has 1 aromatic rings. The number of rotatable bonds is 2. The molecule has 5 nitrogen and oxygen atoms in total. The Morgan fingerprint density at radius 1 is 1.04 bits per heavy atom. The topological polar surface area (TPSA) is 57.0 Å². The van der Waals surface area contributed by atoms with Gasteiger partial charge in [0, 0.05) is 18.9 Å². The number of esters is 1. The first-order chi connectivity index (χ1) is 11.4. The van der Waals surface area contributed by atoms with Gasteiger partial charge in [0.25, 0.3) is 0 Å². The molecule has 1 aliphatic carbocycles. The highest BCUT2D eigenvalue weighted by atomic mass is 16.6. The third-order valence-electron chi connectivity index (χ3n) is 5.22. The van der Waals surface area contributed by atoms with Crippen molar-refractivity contribution in [2.24, 2.45) is 5.92 Å². The summed E-state index contributed by atoms with van der Waals surface area (Å²) in [5.74, 6) is 2.80. The number of ether oxygens (including phenoxy) is 1. The van der Waals surface area contributed by atoms with E-state index in [1.165, 1.54) is 31.5 Å². The van der Waals surface area contributed by atoms with Crippen LogP contribution in [0, 0.1) is 5.92 Å². The van der Waals surface area contributed by atoms with Gasteiger partial charge in [-0.25, -0.2) is 0 Å². The van der Waals surface area contributed by atoms with Crippen LogP contribution < -0.4 is 0 Å². The molecule has 134 valence electrons. The molecule has 0 spiro atoms. The largest absolute Gasteiger partial charge is 0.460 e. The molecule has 2 heterocycles. The molecular formula is C19H31N3O2. The Kier molecular flexibility index (Phi) is 5.26. The highest BCUT2D eigenvalue weighted by Crippen LogP contribution is 2.36. The summed E-state index contributed by atoms with van der Waals surface area (Å²) in [5.41, 5.74) is -0.392. The highest BCUT2D eigenvalue weighted by molar-refractivity contribution is 5.73. The zero-order chi connectivity index (χ0) is 17.2. The predicted molar refractivity (Wildman–Crippen MR) is 92.7 cm³/mol. The summed E-state index contributed by atoms with van der Waals surface area (Å²) in [7, 11) is 0. The molecule has 1 saturated carbocycles. The Hall–Kier alpha value is -1.39. The van der Waals surface area contributed by atoms with Crippen molar-refractivity contribution < 1.29 is 9.53 Å². The van der Waals surface area contributed by atoms with E-state index in [0.717, 1.165) is 44.5 Å². The van der Waals surface area contributed by atoms with E-state index in [2.05, 4.69) is 14.8 Å². The van der Waals surface area contributed by atoms with Crippen LogP contribution in [0.1, 0.15) is 89.7 Å². The minimum absolute atomic E-state index is 0.0301. The fraction of sp³-hybridized carbons (Fsp3) is 0.842. The van der Waals surface area contributed by atoms with Crippen molar-refractivity contribution in [1.29, 1.82) is 0 Å². The minimum Gasteiger partial charge on any atom is -0.460 e. The zero-order valence-corrected chi connectivity index (χ0v) is 15.4. The van der Waals surface area contributed by atoms with Gasteiger partial charge in [0.2, 0.25) is 0 Å². The maximum Gasteiger partial charge on any atom is 0.309 e. The molecule has 1 aromatic heterocycles. The Labute approximate surface area is 145 Å². The van der Waals surface area contributed by atoms with E-state index in [-0.39, 0.29) is 11.9 Å². The van der Waals surface area contributed by atoms with E-state index in [9.17, 15) is 4.79 Å². The monoisotopic (exact) mass is 333 g/mol. The average Bonchev–Trinajstić information content (AvgIpc) is 2.87. The van der Waals surface area contributed by atoms with Gasteiger partial charge >= 0.3 is 5.97 Å². The van der Waals surface area contributed by atoms with Crippen molar-refractivity contribution >= 4 is 5.97 Å². The number of hydrogen-bond donors (Lipinski definition) is 0. The first-order valence-electron chi connectivity index (χ1n) is 9.59. The van der Waals surface area contributed by atoms with Crippen LogP contribution in [0.25, 0.3) is 0 Å². The van der Waals surface area contributed by atoms with E-state index >= 15 is 0 Å². The summed E-state index contributed by atoms with van der Waals surface area (Å²) in [6.45, 7) is 6.86. The predicted octanol–water partition coefficient (Wildman–Crippen LogP) is 4.01. The zero-order valence-electron chi connectivity index (χ0n) is 15.4. The van der Waals surface area contributed by atoms with E-state index in [1.54, 1.807) is 0 Å². The van der Waals surface area contributed by atoms with Crippen LogP contribution in [-0.4, -0.2) is 26.3 Å². The number of fused-ring (bicyclic) bond motifs is 1. The molecule has 3 rings (SSSR count). The molecule has 0 radical (unpaired) electrons. The molecule has 0 saturated heterocycles. The Balaban J connectivity index is 1.62. The number of hydrogen-bond acceptors (Lipinski definition) is 4. The summed E-state index contributed by atoms with van der Waals surface area (Å²) in [6, 6.07) is 0. The van der Waals surface area contributed by atoms with Crippen molar-refractivity contribution in [3.8, 4) is 0 Å². The van der Waals surface area contributed by atoms with Gasteiger partial charge in [0.05, 0.1) is 5.92 Å². The van der Waals surface area contributed by atoms with E-state index in [1.807, 2.05) is 20.8 Å². The summed E-state index contributed by atoms with van der Waals surface area (Å²) in [4.78, 5) is 12.3. The lowest BCUT2D eigenvalue weighted by atomic mass is 9.81. The Morgan fingerprint density at radius 3 is 2.46 bits per heavy atom. The summed E-state index contributed by atoms with van der Waals surface area (Å²) in [6.07, 6.45) is 9.97. The van der Waals surface area contributed by atoms with Crippen LogP contribution >= 0.6 is 0 Å². The first kappa shape index (κ1) is 17.4. The second kappa shape index (κ2) is 7.24. The van der Waals surface area contributed by atoms with E-state index in [0.29, 0.717) is 5.92 Å². The van der Waals surface area contributed by atoms with Gasteiger partial charge in [-0.1, -0.05) is 12.8 Å². The number of aromatic nitrogens is 3. The smallest absolute Gasteiger partial charge is 0.309 e. The number of aryl methyl sites for hydroxylation is 1. The molecule has 0 unspecified atom stereocenters. The number of carbonyl (C=O) groups is 1. The van der Waals surface area contributed by atoms with Gasteiger partial charge in [-0.05, 0) is 59.3 Å². The second-order valence-electron chi connectivity index (χ2n) is 8.37. The summed E-state index contributed by atoms with van der Waals surface area (Å²) < 4.78 is 7.92. The lowest BCUT2D eigenvalue weighted by molar-refractivity contribution is -0.161. The normalized spacial score (nSPS) is 25.5. The lowest BCUT2D eigenvalue weighted by Crippen LogP contribution is -2.31. The van der Waals surface area contributed by atoms with Gasteiger partial charge in [-0.2, -0.15) is 0 Å². The quantitative estimate of drug-likeness (QED) is 0.767. The first-order valence-corrected chi connectivity index (χ1v) is 9.59. The van der Waals surface area contributed by atoms with Crippen LogP contribution in [-0.2, 0) is 22.5 Å². The van der Waals surface area contributed by atoms with Crippen molar-refractivity contribution in [3.05, 3.63) is 11.6 Å². The van der Waals surface area contributed by atoms with Gasteiger partial charge in [0.15, 0.2) is 0 Å². The van der Waals surface area contributed by atoms with Crippen molar-refractivity contribution in [1.82, 2.24) is 14.8 Å². The maximum atomic E-state index is 12.3. The molecule has 0 aromatic carbocycles. The highest BCUT2D eigenvalue weighted by Gasteiger charge is 2.32. The number of carbonyl (C=O) groups excluding carboxylic acids is 1.